The molecule has 6 aromatic carbocycles. The quantitative estimate of drug-likeness (QED) is 0.0484. The van der Waals surface area contributed by atoms with Gasteiger partial charge in [-0.3, -0.25) is 4.18 Å². The first kappa shape index (κ1) is 118. The summed E-state index contributed by atoms with van der Waals surface area (Å²) in [5.41, 5.74) is 10.3. The van der Waals surface area contributed by atoms with Gasteiger partial charge in [0.05, 0.1) is 60.5 Å². The average molecular weight is 2410 g/mol. The van der Waals surface area contributed by atoms with Gasteiger partial charge < -0.3 is 28.4 Å². The normalized spacial score (nSPS) is 23.2. The van der Waals surface area contributed by atoms with Crippen molar-refractivity contribution in [3.05, 3.63) is 255 Å². The first-order valence-corrected chi connectivity index (χ1v) is 46.8. The van der Waals surface area contributed by atoms with Crippen molar-refractivity contribution in [2.24, 2.45) is 47.3 Å². The Morgan fingerprint density at radius 1 is 0.407 bits per heavy atom. The Bertz CT molecular complexity index is 3670. The summed E-state index contributed by atoms with van der Waals surface area (Å²) in [6.45, 7) is 37.3. The maximum absolute atomic E-state index is 12.4. The van der Waals surface area contributed by atoms with Gasteiger partial charge in [-0.15, -0.1) is 106 Å². The van der Waals surface area contributed by atoms with Gasteiger partial charge in [0, 0.05) is 45.9 Å². The number of ether oxygens (including phenoxy) is 6. The summed E-state index contributed by atoms with van der Waals surface area (Å²) < 4.78 is 89.3. The van der Waals surface area contributed by atoms with E-state index in [2.05, 4.69) is 176 Å². The average Bonchev–Trinajstić information content (AvgIpc) is 1.53. The molecule has 6 aliphatic rings. The minimum absolute atomic E-state index is 0. The zero-order valence-corrected chi connectivity index (χ0v) is 115. The molecule has 1 aromatic heterocycles. The van der Waals surface area contributed by atoms with Gasteiger partial charge in [0.15, 0.2) is 9.84 Å². The minimum atomic E-state index is -3.67. The number of benzene rings is 6. The van der Waals surface area contributed by atoms with Crippen molar-refractivity contribution < 1.29 is 463 Å². The van der Waals surface area contributed by atoms with E-state index in [-0.39, 0.29) is 447 Å². The Morgan fingerprint density at radius 3 is 1.09 bits per heavy atom. The molecule has 0 aliphatic carbocycles. The summed E-state index contributed by atoms with van der Waals surface area (Å²) in [6.07, 6.45) is 11.0. The second-order valence-electron chi connectivity index (χ2n) is 29.1. The van der Waals surface area contributed by atoms with Crippen molar-refractivity contribution >= 4 is 90.5 Å². The van der Waals surface area contributed by atoms with Crippen molar-refractivity contribution in [1.29, 1.82) is 0 Å². The Balaban J connectivity index is 0.000000459. The molecule has 27 heteroatoms. The van der Waals surface area contributed by atoms with Crippen molar-refractivity contribution in [1.82, 2.24) is 9.78 Å². The molecule has 6 aliphatic heterocycles. The standard InChI is InChI=1S/C17H25O3S2.C16H23O4S2.C15H17N2OS.2C13H17OS.C12H15OS.6Cs/c1-13(2)7-8-22(18,19)16-6-4-5-15(10-16)12-21-17-9-14(3)11-20-17;1-12(2)9-20-22(17,18)15-6-4-5-14(8-15)11-21-16-7-13(3)10-19-16;1-12-9-15(18-10-12)19-11-13-3-5-14(6-4-13)17-8-2-7-16-17;2*1-10-8-13(14-9-10)15-11(2)12-6-4-3-5-7-12;1-10-7-12(13-8-10)14-9-11-5-3-2-4-6-11;;;;;;/h4-6,10-11,13-14,17H,7-9,12H2,1-3H3;4-6,8,10,12-13,16H,7,9,11H2,1-3H3;2-8,10,12,15H,9,11H2,1H3;2*3-7,9-11,13H,8H2,1-2H3;2-6,8,10,12H,7,9H2,1H3;;;;;;/q6*-1;6*+1/t14-,17?;13-,16?;12-,15?;2*10-,11-,13?;10-,12?;;;;;;/m111111....../s1. The van der Waals surface area contributed by atoms with E-state index in [0.717, 1.165) is 78.4 Å². The molecule has 0 saturated carbocycles. The van der Waals surface area contributed by atoms with E-state index < -0.39 is 20.0 Å². The van der Waals surface area contributed by atoms with E-state index in [0.29, 0.717) is 85.0 Å². The molecule has 0 spiro atoms. The molecule has 0 N–H and O–H groups in total. The number of thioether (sulfide) groups is 6. The van der Waals surface area contributed by atoms with Crippen molar-refractivity contribution in [3.63, 3.8) is 0 Å². The van der Waals surface area contributed by atoms with Crippen LogP contribution in [-0.4, -0.2) is 71.6 Å². The topological polar surface area (TPSA) is 151 Å². The maximum atomic E-state index is 12.4. The van der Waals surface area contributed by atoms with Crippen LogP contribution in [0.5, 0.6) is 0 Å². The smallest absolute Gasteiger partial charge is 0.542 e. The minimum Gasteiger partial charge on any atom is -0.542 e. The molecular weight excluding hydrogens is 2290 g/mol. The fourth-order valence-electron chi connectivity index (χ4n) is 11.4. The summed E-state index contributed by atoms with van der Waals surface area (Å²) in [4.78, 5) is 0.664. The van der Waals surface area contributed by atoms with Gasteiger partial charge in [0.25, 0.3) is 10.1 Å². The predicted octanol–water partition coefficient (Wildman–Crippen LogP) is 5.30. The molecule has 14 atom stereocenters. The number of nitrogens with zero attached hydrogens (tertiary/aromatic N) is 2. The van der Waals surface area contributed by atoms with E-state index in [1.807, 2.05) is 156 Å². The Labute approximate surface area is 1060 Å². The van der Waals surface area contributed by atoms with Gasteiger partial charge in [-0.25, -0.2) is 52.7 Å². The van der Waals surface area contributed by atoms with Gasteiger partial charge in [0.2, 0.25) is 0 Å². The number of rotatable bonds is 27. The molecule has 0 amide bonds. The van der Waals surface area contributed by atoms with Crippen LogP contribution in [0.15, 0.2) is 192 Å². The molecule has 0 bridgehead atoms. The zero-order chi connectivity index (χ0) is 76.6. The molecule has 13 nitrogen and oxygen atoms in total. The summed E-state index contributed by atoms with van der Waals surface area (Å²) >= 11 is 11.0. The Hall–Kier alpha value is 8.56. The number of hydrogen-bond acceptors (Lipinski definition) is 18. The number of hydrogen-bond donors (Lipinski definition) is 0. The summed E-state index contributed by atoms with van der Waals surface area (Å²) in [5, 5.41) is 5.24. The van der Waals surface area contributed by atoms with Crippen molar-refractivity contribution in [2.75, 3.05) is 12.4 Å². The van der Waals surface area contributed by atoms with E-state index in [9.17, 15) is 16.8 Å². The van der Waals surface area contributed by atoms with Gasteiger partial charge in [-0.2, -0.15) is 13.5 Å². The van der Waals surface area contributed by atoms with Crippen molar-refractivity contribution in [2.45, 2.75) is 204 Å². The molecule has 6 unspecified atom stereocenters. The van der Waals surface area contributed by atoms with Crippen LogP contribution >= 0.6 is 70.6 Å². The Morgan fingerprint density at radius 2 is 0.743 bits per heavy atom. The van der Waals surface area contributed by atoms with Crippen molar-refractivity contribution in [3.8, 4) is 5.69 Å². The van der Waals surface area contributed by atoms with Crippen LogP contribution < -0.4 is 413 Å². The molecular formula is C86H114Cs6N2O11S8. The molecule has 6 fully saturated rings. The third-order valence-corrected chi connectivity index (χ3v) is 28.0. The van der Waals surface area contributed by atoms with E-state index in [1.54, 1.807) is 54.0 Å². The van der Waals surface area contributed by atoms with E-state index in [4.69, 9.17) is 32.6 Å². The van der Waals surface area contributed by atoms with Crippen LogP contribution in [0.2, 0.25) is 0 Å². The second kappa shape index (κ2) is 66.0. The predicted molar refractivity (Wildman–Crippen MR) is 450 cm³/mol. The Kier molecular flexibility index (Phi) is 68.7. The molecule has 588 valence electrons. The van der Waals surface area contributed by atoms with Crippen LogP contribution in [-0.2, 0) is 75.6 Å². The van der Waals surface area contributed by atoms with Gasteiger partial charge >= 0.3 is 413 Å². The second-order valence-corrected chi connectivity index (χ2v) is 40.5. The zero-order valence-electron chi connectivity index (χ0n) is 70.4. The summed E-state index contributed by atoms with van der Waals surface area (Å²) in [7, 11) is -6.84. The van der Waals surface area contributed by atoms with Crippen LogP contribution in [0.4, 0.5) is 0 Å². The maximum Gasteiger partial charge on any atom is 1.00 e. The van der Waals surface area contributed by atoms with Gasteiger partial charge in [-0.1, -0.05) is 197 Å². The van der Waals surface area contributed by atoms with Gasteiger partial charge in [0.1, 0.15) is 0 Å². The van der Waals surface area contributed by atoms with Crippen LogP contribution in [0.25, 0.3) is 5.69 Å². The monoisotopic (exact) mass is 2400 g/mol. The number of aromatic nitrogens is 2. The fraction of sp³-hybridized carbons (Fsp3) is 0.477. The molecule has 13 rings (SSSR count). The third-order valence-electron chi connectivity index (χ3n) is 17.7. The SMILES string of the molecule is CC(C)CCS(=O)(=O)c1cccc(CSC2C[C@@H](C)[CH-]O2)c1.CC(C)COS(=O)(=O)c1cccc(CSC2C[C@@H](C)[CH-]O2)c1.C[C@H]1[CH-]OC(SCc2ccc(-n3cccn3)cc2)C1.C[C@H]1[CH-]OC(SCc2ccccc2)C1.C[C@H]1[CH-]OC(S[C@H](C)c2ccccc2)C1.C[C@H]1[CH-]OC(S[C@H](C)c2ccccc2)C1.[Cs+].[Cs+].[Cs+].[Cs+].[Cs+].[Cs+]. The molecule has 113 heavy (non-hydrogen) atoms. The van der Waals surface area contributed by atoms with Crippen LogP contribution in [0, 0.1) is 87.0 Å². The molecule has 7 aromatic rings. The van der Waals surface area contributed by atoms with Crippen LogP contribution in [0.3, 0.4) is 0 Å². The third kappa shape index (κ3) is 48.2. The van der Waals surface area contributed by atoms with Crippen LogP contribution in [0.1, 0.15) is 172 Å². The molecule has 7 heterocycles. The van der Waals surface area contributed by atoms with Gasteiger partial charge in [-0.05, 0) is 146 Å². The molecule has 0 radical (unpaired) electrons. The number of sulfone groups is 1. The first-order valence-electron chi connectivity index (χ1n) is 37.6. The summed E-state index contributed by atoms with van der Waals surface area (Å²) in [5.74, 6) is 7.71. The van der Waals surface area contributed by atoms with E-state index in [1.165, 1.54) is 22.3 Å². The summed E-state index contributed by atoms with van der Waals surface area (Å²) in [6, 6.07) is 56.5. The molecule has 6 saturated heterocycles. The fourth-order valence-corrected chi connectivity index (χ4v) is 21.4. The van der Waals surface area contributed by atoms with E-state index >= 15 is 0 Å². The first-order chi connectivity index (χ1) is 51.4. The largest absolute Gasteiger partial charge is 1.00 e.